The van der Waals surface area contributed by atoms with Crippen molar-refractivity contribution >= 4 is 17.7 Å². The van der Waals surface area contributed by atoms with Crippen LogP contribution in [0.2, 0.25) is 0 Å². The van der Waals surface area contributed by atoms with Crippen molar-refractivity contribution in [2.24, 2.45) is 0 Å². The van der Waals surface area contributed by atoms with Gasteiger partial charge in [0.25, 0.3) is 0 Å². The molecule has 3 heteroatoms. The quantitative estimate of drug-likeness (QED) is 0.800. The van der Waals surface area contributed by atoms with Gasteiger partial charge in [-0.1, -0.05) is 24.3 Å². The fourth-order valence-corrected chi connectivity index (χ4v) is 2.97. The minimum Gasteiger partial charge on any atom is -0.340 e. The topological polar surface area (TPSA) is 20.3 Å². The molecule has 0 atom stereocenters. The van der Waals surface area contributed by atoms with Crippen molar-refractivity contribution in [3.63, 3.8) is 0 Å². The maximum atomic E-state index is 12.5. The summed E-state index contributed by atoms with van der Waals surface area (Å²) in [7, 11) is 0. The molecule has 1 heterocycles. The number of rotatable bonds is 2. The van der Waals surface area contributed by atoms with Gasteiger partial charge in [0.1, 0.15) is 0 Å². The SMILES string of the molecule is CC(C)(C(=O)N1CCSCC1)c1c[c]ccc1. The van der Waals surface area contributed by atoms with Gasteiger partial charge < -0.3 is 4.90 Å². The second-order valence-corrected chi connectivity index (χ2v) is 6.05. The van der Waals surface area contributed by atoms with Gasteiger partial charge in [0, 0.05) is 24.6 Å². The first-order valence-corrected chi connectivity index (χ1v) is 7.11. The Bertz CT molecular complexity index is 382. The lowest BCUT2D eigenvalue weighted by Crippen LogP contribution is -2.47. The summed E-state index contributed by atoms with van der Waals surface area (Å²) < 4.78 is 0. The molecular weight excluding hydrogens is 230 g/mol. The Morgan fingerprint density at radius 2 is 2.12 bits per heavy atom. The molecule has 2 rings (SSSR count). The van der Waals surface area contributed by atoms with E-state index >= 15 is 0 Å². The standard InChI is InChI=1S/C14H18NOS/c1-14(2,12-6-4-3-5-7-12)13(16)15-8-10-17-11-9-15/h3-4,6-7H,8-11H2,1-2H3. The van der Waals surface area contributed by atoms with Crippen LogP contribution in [-0.2, 0) is 10.2 Å². The predicted octanol–water partition coefficient (Wildman–Crippen LogP) is 2.34. The lowest BCUT2D eigenvalue weighted by Gasteiger charge is -2.34. The van der Waals surface area contributed by atoms with Crippen LogP contribution in [0.4, 0.5) is 0 Å². The van der Waals surface area contributed by atoms with Gasteiger partial charge in [-0.2, -0.15) is 11.8 Å². The molecule has 0 aliphatic carbocycles. The number of hydrogen-bond acceptors (Lipinski definition) is 2. The van der Waals surface area contributed by atoms with E-state index in [1.54, 1.807) is 0 Å². The van der Waals surface area contributed by atoms with Crippen LogP contribution in [0.3, 0.4) is 0 Å². The van der Waals surface area contributed by atoms with Crippen LogP contribution in [0.25, 0.3) is 0 Å². The largest absolute Gasteiger partial charge is 0.340 e. The summed E-state index contributed by atoms with van der Waals surface area (Å²) in [6.45, 7) is 5.76. The Balaban J connectivity index is 2.17. The number of benzene rings is 1. The first-order valence-electron chi connectivity index (χ1n) is 5.96. The van der Waals surface area contributed by atoms with Crippen molar-refractivity contribution in [2.75, 3.05) is 24.6 Å². The van der Waals surface area contributed by atoms with Crippen LogP contribution in [0, 0.1) is 6.07 Å². The zero-order chi connectivity index (χ0) is 12.3. The summed E-state index contributed by atoms with van der Waals surface area (Å²) in [5, 5.41) is 0. The van der Waals surface area contributed by atoms with Crippen LogP contribution in [0.1, 0.15) is 19.4 Å². The number of carbonyl (C=O) groups is 1. The molecule has 17 heavy (non-hydrogen) atoms. The van der Waals surface area contributed by atoms with Gasteiger partial charge in [0.05, 0.1) is 5.41 Å². The van der Waals surface area contributed by atoms with Gasteiger partial charge in [-0.05, 0) is 25.5 Å². The highest BCUT2D eigenvalue weighted by Crippen LogP contribution is 2.26. The Morgan fingerprint density at radius 3 is 2.71 bits per heavy atom. The summed E-state index contributed by atoms with van der Waals surface area (Å²) in [6, 6.07) is 10.8. The monoisotopic (exact) mass is 248 g/mol. The summed E-state index contributed by atoms with van der Waals surface area (Å²) in [5.74, 6) is 2.35. The van der Waals surface area contributed by atoms with Crippen LogP contribution in [-0.4, -0.2) is 35.4 Å². The summed E-state index contributed by atoms with van der Waals surface area (Å²) >= 11 is 1.92. The maximum Gasteiger partial charge on any atom is 0.232 e. The molecular formula is C14H18NOS. The van der Waals surface area contributed by atoms with Crippen LogP contribution >= 0.6 is 11.8 Å². The molecule has 0 N–H and O–H groups in total. The number of carbonyl (C=O) groups excluding carboxylic acids is 1. The van der Waals surface area contributed by atoms with Crippen molar-refractivity contribution in [3.05, 3.63) is 35.9 Å². The molecule has 0 unspecified atom stereocenters. The van der Waals surface area contributed by atoms with E-state index in [1.165, 1.54) is 0 Å². The molecule has 2 nitrogen and oxygen atoms in total. The van der Waals surface area contributed by atoms with Crippen LogP contribution < -0.4 is 0 Å². The van der Waals surface area contributed by atoms with Gasteiger partial charge in [-0.3, -0.25) is 4.79 Å². The predicted molar refractivity (Wildman–Crippen MR) is 72.2 cm³/mol. The van der Waals surface area contributed by atoms with Crippen molar-refractivity contribution < 1.29 is 4.79 Å². The van der Waals surface area contributed by atoms with E-state index in [4.69, 9.17) is 0 Å². The maximum absolute atomic E-state index is 12.5. The smallest absolute Gasteiger partial charge is 0.232 e. The van der Waals surface area contributed by atoms with Crippen LogP contribution in [0.5, 0.6) is 0 Å². The minimum atomic E-state index is -0.445. The zero-order valence-corrected chi connectivity index (χ0v) is 11.2. The van der Waals surface area contributed by atoms with E-state index in [0.29, 0.717) is 0 Å². The molecule has 91 valence electrons. The third-order valence-electron chi connectivity index (χ3n) is 3.26. The molecule has 1 aromatic carbocycles. The number of hydrogen-bond donors (Lipinski definition) is 0. The third kappa shape index (κ3) is 2.65. The molecule has 1 aliphatic rings. The molecule has 1 aliphatic heterocycles. The van der Waals surface area contributed by atoms with E-state index in [9.17, 15) is 4.79 Å². The Morgan fingerprint density at radius 1 is 1.41 bits per heavy atom. The average molecular weight is 248 g/mol. The number of thioether (sulfide) groups is 1. The molecule has 1 radical (unpaired) electrons. The Hall–Kier alpha value is -0.960. The van der Waals surface area contributed by atoms with E-state index in [0.717, 1.165) is 30.2 Å². The molecule has 1 aromatic rings. The number of amides is 1. The van der Waals surface area contributed by atoms with Crippen molar-refractivity contribution in [3.8, 4) is 0 Å². The normalized spacial score (nSPS) is 16.9. The Kier molecular flexibility index (Phi) is 3.77. The lowest BCUT2D eigenvalue weighted by molar-refractivity contribution is -0.135. The third-order valence-corrected chi connectivity index (χ3v) is 4.20. The molecule has 0 spiro atoms. The van der Waals surface area contributed by atoms with Crippen molar-refractivity contribution in [1.82, 2.24) is 4.90 Å². The van der Waals surface area contributed by atoms with E-state index in [1.807, 2.05) is 54.8 Å². The van der Waals surface area contributed by atoms with Gasteiger partial charge in [0.15, 0.2) is 0 Å². The second-order valence-electron chi connectivity index (χ2n) is 4.82. The van der Waals surface area contributed by atoms with E-state index < -0.39 is 5.41 Å². The van der Waals surface area contributed by atoms with E-state index in [-0.39, 0.29) is 5.91 Å². The van der Waals surface area contributed by atoms with Gasteiger partial charge >= 0.3 is 0 Å². The average Bonchev–Trinajstić information content (AvgIpc) is 2.40. The molecule has 1 fully saturated rings. The zero-order valence-electron chi connectivity index (χ0n) is 10.4. The number of nitrogens with zero attached hydrogens (tertiary/aromatic N) is 1. The molecule has 0 bridgehead atoms. The lowest BCUT2D eigenvalue weighted by atomic mass is 9.83. The molecule has 1 saturated heterocycles. The molecule has 1 amide bonds. The Labute approximate surface area is 107 Å². The highest BCUT2D eigenvalue weighted by Gasteiger charge is 2.34. The molecule has 0 saturated carbocycles. The van der Waals surface area contributed by atoms with Crippen molar-refractivity contribution in [2.45, 2.75) is 19.3 Å². The summed E-state index contributed by atoms with van der Waals surface area (Å²) in [4.78, 5) is 14.5. The summed E-state index contributed by atoms with van der Waals surface area (Å²) in [6.07, 6.45) is 0. The highest BCUT2D eigenvalue weighted by molar-refractivity contribution is 7.99. The minimum absolute atomic E-state index is 0.234. The fraction of sp³-hybridized carbons (Fsp3) is 0.500. The summed E-state index contributed by atoms with van der Waals surface area (Å²) in [5.41, 5.74) is 0.600. The second kappa shape index (κ2) is 5.13. The fourth-order valence-electron chi connectivity index (χ4n) is 2.07. The first kappa shape index (κ1) is 12.5. The first-order chi connectivity index (χ1) is 8.12. The molecule has 0 aromatic heterocycles. The van der Waals surface area contributed by atoms with Gasteiger partial charge in [-0.25, -0.2) is 0 Å². The van der Waals surface area contributed by atoms with E-state index in [2.05, 4.69) is 6.07 Å². The highest BCUT2D eigenvalue weighted by atomic mass is 32.2. The van der Waals surface area contributed by atoms with Crippen molar-refractivity contribution in [1.29, 1.82) is 0 Å². The van der Waals surface area contributed by atoms with Gasteiger partial charge in [0.2, 0.25) is 5.91 Å². The van der Waals surface area contributed by atoms with Crippen LogP contribution in [0.15, 0.2) is 24.3 Å². The van der Waals surface area contributed by atoms with Gasteiger partial charge in [-0.15, -0.1) is 0 Å².